The summed E-state index contributed by atoms with van der Waals surface area (Å²) in [6, 6.07) is 13.1. The topological polar surface area (TPSA) is 139 Å². The van der Waals surface area contributed by atoms with Gasteiger partial charge in [0.15, 0.2) is 11.5 Å². The standard InChI is InChI=1S/C22H21BrFN7O3/c23-16-12-15(6-7-17(16)24)26-19(25)18-20(30-34-29-18)28-21(32)13-8-10-31(11-9-13)22(33)27-14-4-2-1-3-5-14/h1-7,12-13H,8-11H2,(H2,25,26)(H,27,33)(H,28,30,32). The van der Waals surface area contributed by atoms with Gasteiger partial charge in [0.1, 0.15) is 5.82 Å². The van der Waals surface area contributed by atoms with Crippen LogP contribution in [0.25, 0.3) is 0 Å². The minimum atomic E-state index is -0.433. The van der Waals surface area contributed by atoms with Gasteiger partial charge in [0, 0.05) is 24.7 Å². The Hall–Kier alpha value is -3.80. The molecule has 0 spiro atoms. The molecule has 0 atom stereocenters. The minimum absolute atomic E-state index is 0.0386. The fourth-order valence-corrected chi connectivity index (χ4v) is 3.84. The first-order valence-electron chi connectivity index (χ1n) is 10.4. The third-order valence-electron chi connectivity index (χ3n) is 5.30. The van der Waals surface area contributed by atoms with Crippen LogP contribution in [0.5, 0.6) is 0 Å². The number of para-hydroxylation sites is 1. The molecule has 3 amide bonds. The van der Waals surface area contributed by atoms with E-state index in [4.69, 9.17) is 10.4 Å². The second-order valence-corrected chi connectivity index (χ2v) is 8.46. The number of carbonyl (C=O) groups is 2. The van der Waals surface area contributed by atoms with Crippen LogP contribution < -0.4 is 16.4 Å². The second-order valence-electron chi connectivity index (χ2n) is 7.60. The summed E-state index contributed by atoms with van der Waals surface area (Å²) in [5.74, 6) is -1.05. The zero-order chi connectivity index (χ0) is 24.1. The molecule has 0 radical (unpaired) electrons. The Bertz CT molecular complexity index is 1210. The van der Waals surface area contributed by atoms with Crippen molar-refractivity contribution in [1.82, 2.24) is 15.2 Å². The number of hydrogen-bond donors (Lipinski definition) is 3. The van der Waals surface area contributed by atoms with Crippen LogP contribution in [0.2, 0.25) is 0 Å². The van der Waals surface area contributed by atoms with Gasteiger partial charge < -0.3 is 21.3 Å². The molecule has 3 aromatic rings. The van der Waals surface area contributed by atoms with Gasteiger partial charge in [0.2, 0.25) is 11.7 Å². The Morgan fingerprint density at radius 2 is 1.85 bits per heavy atom. The molecule has 2 aromatic carbocycles. The van der Waals surface area contributed by atoms with Crippen LogP contribution in [0.1, 0.15) is 18.5 Å². The average molecular weight is 530 g/mol. The van der Waals surface area contributed by atoms with E-state index >= 15 is 0 Å². The van der Waals surface area contributed by atoms with Gasteiger partial charge >= 0.3 is 6.03 Å². The van der Waals surface area contributed by atoms with Crippen molar-refractivity contribution in [3.8, 4) is 0 Å². The second kappa shape index (κ2) is 10.4. The van der Waals surface area contributed by atoms with E-state index in [1.165, 1.54) is 18.2 Å². The Morgan fingerprint density at radius 3 is 2.56 bits per heavy atom. The first kappa shape index (κ1) is 23.4. The van der Waals surface area contributed by atoms with Crippen LogP contribution in [-0.4, -0.2) is 46.1 Å². The van der Waals surface area contributed by atoms with Crippen molar-refractivity contribution in [3.05, 3.63) is 64.5 Å². The lowest BCUT2D eigenvalue weighted by Gasteiger charge is -2.31. The van der Waals surface area contributed by atoms with Gasteiger partial charge in [0.05, 0.1) is 10.2 Å². The lowest BCUT2D eigenvalue weighted by molar-refractivity contribution is -0.121. The van der Waals surface area contributed by atoms with Crippen LogP contribution in [0.4, 0.5) is 26.4 Å². The Labute approximate surface area is 202 Å². The van der Waals surface area contributed by atoms with E-state index < -0.39 is 5.82 Å². The number of anilines is 2. The maximum Gasteiger partial charge on any atom is 0.321 e. The highest BCUT2D eigenvalue weighted by Gasteiger charge is 2.29. The number of nitrogens with two attached hydrogens (primary N) is 1. The quantitative estimate of drug-likeness (QED) is 0.338. The summed E-state index contributed by atoms with van der Waals surface area (Å²) in [5, 5.41) is 13.0. The van der Waals surface area contributed by atoms with Gasteiger partial charge in [-0.15, -0.1) is 0 Å². The molecular weight excluding hydrogens is 509 g/mol. The predicted octanol–water partition coefficient (Wildman–Crippen LogP) is 3.89. The normalized spacial score (nSPS) is 14.6. The first-order valence-corrected chi connectivity index (χ1v) is 11.2. The summed E-state index contributed by atoms with van der Waals surface area (Å²) in [4.78, 5) is 31.1. The zero-order valence-corrected chi connectivity index (χ0v) is 19.5. The summed E-state index contributed by atoms with van der Waals surface area (Å²) < 4.78 is 18.4. The number of amidine groups is 1. The van der Waals surface area contributed by atoms with Crippen molar-refractivity contribution in [3.63, 3.8) is 0 Å². The van der Waals surface area contributed by atoms with E-state index in [1.807, 2.05) is 30.3 Å². The van der Waals surface area contributed by atoms with Gasteiger partial charge in [-0.1, -0.05) is 18.2 Å². The molecule has 1 aliphatic rings. The molecule has 1 fully saturated rings. The highest BCUT2D eigenvalue weighted by atomic mass is 79.9. The highest BCUT2D eigenvalue weighted by Crippen LogP contribution is 2.24. The fraction of sp³-hybridized carbons (Fsp3) is 0.227. The van der Waals surface area contributed by atoms with Crippen molar-refractivity contribution >= 4 is 50.9 Å². The molecular formula is C22H21BrFN7O3. The summed E-state index contributed by atoms with van der Waals surface area (Å²) in [7, 11) is 0. The average Bonchev–Trinajstić information content (AvgIpc) is 3.30. The molecule has 12 heteroatoms. The largest absolute Gasteiger partial charge is 0.382 e. The molecule has 4 N–H and O–H groups in total. The lowest BCUT2D eigenvalue weighted by Crippen LogP contribution is -2.43. The van der Waals surface area contributed by atoms with Crippen LogP contribution in [0.15, 0.2) is 62.6 Å². The molecule has 1 aliphatic heterocycles. The Balaban J connectivity index is 1.34. The smallest absolute Gasteiger partial charge is 0.321 e. The van der Waals surface area contributed by atoms with E-state index in [0.29, 0.717) is 37.3 Å². The lowest BCUT2D eigenvalue weighted by atomic mass is 9.96. The third-order valence-corrected chi connectivity index (χ3v) is 5.91. The maximum atomic E-state index is 13.4. The molecule has 34 heavy (non-hydrogen) atoms. The van der Waals surface area contributed by atoms with Crippen molar-refractivity contribution in [1.29, 1.82) is 0 Å². The molecule has 2 heterocycles. The number of aromatic nitrogens is 2. The molecule has 10 nitrogen and oxygen atoms in total. The number of nitrogens with one attached hydrogen (secondary N) is 2. The summed E-state index contributed by atoms with van der Waals surface area (Å²) in [5.41, 5.74) is 7.16. The van der Waals surface area contributed by atoms with Gasteiger partial charge in [-0.05, 0) is 69.4 Å². The number of piperidine rings is 1. The maximum absolute atomic E-state index is 13.4. The molecule has 1 aromatic heterocycles. The van der Waals surface area contributed by atoms with Crippen LogP contribution >= 0.6 is 15.9 Å². The Kier molecular flexibility index (Phi) is 7.16. The van der Waals surface area contributed by atoms with Crippen molar-refractivity contribution in [2.24, 2.45) is 16.6 Å². The number of aliphatic imine (C=N–C) groups is 1. The SMILES string of the molecule is NC(=Nc1ccc(F)c(Br)c1)c1nonc1NC(=O)C1CCN(C(=O)Nc2ccccc2)CC1. The number of nitrogens with zero attached hydrogens (tertiary/aromatic N) is 4. The summed E-state index contributed by atoms with van der Waals surface area (Å²) in [6.45, 7) is 0.868. The third kappa shape index (κ3) is 5.57. The number of amides is 3. The summed E-state index contributed by atoms with van der Waals surface area (Å²) >= 11 is 3.09. The zero-order valence-electron chi connectivity index (χ0n) is 17.9. The molecule has 176 valence electrons. The summed E-state index contributed by atoms with van der Waals surface area (Å²) in [6.07, 6.45) is 0.976. The predicted molar refractivity (Wildman–Crippen MR) is 127 cm³/mol. The first-order chi connectivity index (χ1) is 16.4. The molecule has 0 bridgehead atoms. The van der Waals surface area contributed by atoms with Crippen LogP contribution in [-0.2, 0) is 4.79 Å². The van der Waals surface area contributed by atoms with E-state index in [1.54, 1.807) is 4.90 Å². The molecule has 4 rings (SSSR count). The van der Waals surface area contributed by atoms with Crippen molar-refractivity contribution in [2.75, 3.05) is 23.7 Å². The Morgan fingerprint density at radius 1 is 1.12 bits per heavy atom. The molecule has 0 saturated carbocycles. The van der Waals surface area contributed by atoms with Gasteiger partial charge in [0.25, 0.3) is 0 Å². The monoisotopic (exact) mass is 529 g/mol. The minimum Gasteiger partial charge on any atom is -0.382 e. The van der Waals surface area contributed by atoms with Crippen molar-refractivity contribution in [2.45, 2.75) is 12.8 Å². The van der Waals surface area contributed by atoms with Gasteiger partial charge in [-0.2, -0.15) is 0 Å². The van der Waals surface area contributed by atoms with E-state index in [2.05, 4.69) is 41.9 Å². The van der Waals surface area contributed by atoms with Crippen LogP contribution in [0, 0.1) is 11.7 Å². The molecule has 0 unspecified atom stereocenters. The highest BCUT2D eigenvalue weighted by molar-refractivity contribution is 9.10. The number of halogens is 2. The number of carbonyl (C=O) groups excluding carboxylic acids is 2. The number of benzene rings is 2. The fourth-order valence-electron chi connectivity index (χ4n) is 3.47. The van der Waals surface area contributed by atoms with Gasteiger partial charge in [-0.25, -0.2) is 18.8 Å². The number of hydrogen-bond acceptors (Lipinski definition) is 6. The van der Waals surface area contributed by atoms with Gasteiger partial charge in [-0.3, -0.25) is 4.79 Å². The molecule has 1 saturated heterocycles. The van der Waals surface area contributed by atoms with E-state index in [9.17, 15) is 14.0 Å². The van der Waals surface area contributed by atoms with Crippen LogP contribution in [0.3, 0.4) is 0 Å². The number of likely N-dealkylation sites (tertiary alicyclic amines) is 1. The number of urea groups is 1. The number of rotatable bonds is 5. The van der Waals surface area contributed by atoms with Crippen molar-refractivity contribution < 1.29 is 18.6 Å². The molecule has 0 aliphatic carbocycles. The van der Waals surface area contributed by atoms with E-state index in [-0.39, 0.29) is 39.7 Å². The van der Waals surface area contributed by atoms with E-state index in [0.717, 1.165) is 0 Å².